The van der Waals surface area contributed by atoms with Crippen molar-refractivity contribution in [2.24, 2.45) is 0 Å². The van der Waals surface area contributed by atoms with Gasteiger partial charge in [0.1, 0.15) is 0 Å². The molecule has 110 valence electrons. The van der Waals surface area contributed by atoms with E-state index in [4.69, 9.17) is 30.6 Å². The Balaban J connectivity index is -0.000000200. The van der Waals surface area contributed by atoms with Crippen LogP contribution in [0.1, 0.15) is 25.7 Å². The van der Waals surface area contributed by atoms with Crippen molar-refractivity contribution in [3.8, 4) is 0 Å². The van der Waals surface area contributed by atoms with Crippen LogP contribution in [0.25, 0.3) is 0 Å². The number of aliphatic carboxylic acids is 2. The van der Waals surface area contributed by atoms with Crippen LogP contribution >= 0.6 is 0 Å². The van der Waals surface area contributed by atoms with E-state index in [9.17, 15) is 9.59 Å². The molecule has 0 aliphatic carbocycles. The van der Waals surface area contributed by atoms with E-state index in [1.54, 1.807) is 0 Å². The Bertz CT molecular complexity index is 163. The predicted octanol–water partition coefficient (Wildman–Crippen LogP) is -1.34. The van der Waals surface area contributed by atoms with E-state index >= 15 is 0 Å². The van der Waals surface area contributed by atoms with E-state index in [1.807, 2.05) is 0 Å². The van der Waals surface area contributed by atoms with E-state index in [1.165, 1.54) is 0 Å². The standard InChI is InChI=1S/C4H6O4.C4H10O2.C2H6O2/c5-3(6)1-2-4(7)8;5-3-1-2-4-6;3-1-2-4/h1-2H2,(H,5,6)(H,7,8);5-6H,1-4H2;3-4H,1-2H2. The van der Waals surface area contributed by atoms with Crippen LogP contribution in [-0.4, -0.2) is 69.0 Å². The highest BCUT2D eigenvalue weighted by Crippen LogP contribution is 1.86. The fourth-order valence-corrected chi connectivity index (χ4v) is 0.437. The number of carbonyl (C=O) groups is 2. The Morgan fingerprint density at radius 1 is 0.611 bits per heavy atom. The van der Waals surface area contributed by atoms with Crippen LogP contribution in [0.2, 0.25) is 0 Å². The molecule has 0 aromatic heterocycles. The summed E-state index contributed by atoms with van der Waals surface area (Å²) in [6.45, 7) is 0.140. The molecule has 0 saturated carbocycles. The highest BCUT2D eigenvalue weighted by Gasteiger charge is 2.00. The minimum absolute atomic E-state index is 0.125. The zero-order valence-corrected chi connectivity index (χ0v) is 10.2. The van der Waals surface area contributed by atoms with Crippen molar-refractivity contribution in [1.82, 2.24) is 0 Å². The van der Waals surface area contributed by atoms with Gasteiger partial charge in [-0.05, 0) is 12.8 Å². The molecule has 0 heterocycles. The number of aliphatic hydroxyl groups excluding tert-OH is 4. The van der Waals surface area contributed by atoms with Crippen molar-refractivity contribution < 1.29 is 40.2 Å². The summed E-state index contributed by atoms with van der Waals surface area (Å²) < 4.78 is 0. The molecule has 0 fully saturated rings. The van der Waals surface area contributed by atoms with Gasteiger partial charge >= 0.3 is 11.9 Å². The summed E-state index contributed by atoms with van der Waals surface area (Å²) >= 11 is 0. The molecular formula is C10H22O8. The average molecular weight is 270 g/mol. The van der Waals surface area contributed by atoms with Gasteiger partial charge in [-0.15, -0.1) is 0 Å². The molecule has 0 aliphatic heterocycles. The first-order valence-electron chi connectivity index (χ1n) is 5.33. The third-order valence-electron chi connectivity index (χ3n) is 1.22. The molecule has 0 spiro atoms. The highest BCUT2D eigenvalue weighted by atomic mass is 16.4. The van der Waals surface area contributed by atoms with Gasteiger partial charge in [0.25, 0.3) is 0 Å². The summed E-state index contributed by atoms with van der Waals surface area (Å²) in [5.74, 6) is -2.15. The van der Waals surface area contributed by atoms with E-state index in [0.717, 1.165) is 12.8 Å². The molecule has 8 heteroatoms. The second kappa shape index (κ2) is 21.1. The zero-order valence-electron chi connectivity index (χ0n) is 10.2. The number of hydrogen-bond acceptors (Lipinski definition) is 6. The predicted molar refractivity (Wildman–Crippen MR) is 62.1 cm³/mol. The van der Waals surface area contributed by atoms with E-state index in [0.29, 0.717) is 0 Å². The lowest BCUT2D eigenvalue weighted by Gasteiger charge is -1.85. The number of carboxylic acid groups (broad SMARTS) is 2. The van der Waals surface area contributed by atoms with E-state index < -0.39 is 11.9 Å². The SMILES string of the molecule is O=C(O)CCC(=O)O.OCCCCO.OCCO. The molecule has 0 bridgehead atoms. The topological polar surface area (TPSA) is 156 Å². The molecule has 6 N–H and O–H groups in total. The fraction of sp³-hybridized carbons (Fsp3) is 0.800. The normalized spacial score (nSPS) is 8.44. The lowest BCUT2D eigenvalue weighted by Crippen LogP contribution is -2.00. The Labute approximate surface area is 105 Å². The Morgan fingerprint density at radius 3 is 1.00 bits per heavy atom. The van der Waals surface area contributed by atoms with Crippen LogP contribution in [0.4, 0.5) is 0 Å². The monoisotopic (exact) mass is 270 g/mol. The Hall–Kier alpha value is -1.22. The number of aliphatic hydroxyl groups is 4. The molecule has 0 atom stereocenters. The van der Waals surface area contributed by atoms with Crippen molar-refractivity contribution in [3.05, 3.63) is 0 Å². The summed E-state index contributed by atoms with van der Waals surface area (Å²) in [5.41, 5.74) is 0. The van der Waals surface area contributed by atoms with Crippen LogP contribution in [-0.2, 0) is 9.59 Å². The third kappa shape index (κ3) is 46.4. The molecule has 0 aliphatic rings. The van der Waals surface area contributed by atoms with E-state index in [2.05, 4.69) is 0 Å². The minimum Gasteiger partial charge on any atom is -0.481 e. The summed E-state index contributed by atoms with van der Waals surface area (Å²) in [4.78, 5) is 19.3. The van der Waals surface area contributed by atoms with Gasteiger partial charge < -0.3 is 30.6 Å². The van der Waals surface area contributed by atoms with Gasteiger partial charge in [0.15, 0.2) is 0 Å². The minimum atomic E-state index is -1.08. The van der Waals surface area contributed by atoms with Crippen molar-refractivity contribution in [2.75, 3.05) is 26.4 Å². The van der Waals surface area contributed by atoms with Gasteiger partial charge in [-0.1, -0.05) is 0 Å². The van der Waals surface area contributed by atoms with Gasteiger partial charge in [-0.3, -0.25) is 9.59 Å². The molecule has 8 nitrogen and oxygen atoms in total. The summed E-state index contributed by atoms with van der Waals surface area (Å²) in [5, 5.41) is 47.2. The first-order chi connectivity index (χ1) is 8.45. The second-order valence-electron chi connectivity index (χ2n) is 2.89. The lowest BCUT2D eigenvalue weighted by atomic mass is 10.3. The molecule has 0 unspecified atom stereocenters. The van der Waals surface area contributed by atoms with Gasteiger partial charge in [0, 0.05) is 13.2 Å². The molecule has 0 rings (SSSR count). The maximum absolute atomic E-state index is 9.64. The van der Waals surface area contributed by atoms with Crippen LogP contribution in [0.15, 0.2) is 0 Å². The second-order valence-corrected chi connectivity index (χ2v) is 2.89. The zero-order chi connectivity index (χ0) is 14.8. The van der Waals surface area contributed by atoms with Gasteiger partial charge in [-0.25, -0.2) is 0 Å². The van der Waals surface area contributed by atoms with Crippen molar-refractivity contribution >= 4 is 11.9 Å². The molecule has 18 heavy (non-hydrogen) atoms. The number of hydrogen-bond donors (Lipinski definition) is 6. The number of unbranched alkanes of at least 4 members (excludes halogenated alkanes) is 1. The first kappa shape index (κ1) is 22.0. The van der Waals surface area contributed by atoms with Gasteiger partial charge in [0.05, 0.1) is 26.1 Å². The summed E-state index contributed by atoms with van der Waals surface area (Å²) in [6, 6.07) is 0. The highest BCUT2D eigenvalue weighted by molar-refractivity contribution is 5.75. The van der Waals surface area contributed by atoms with Gasteiger partial charge in [-0.2, -0.15) is 0 Å². The smallest absolute Gasteiger partial charge is 0.303 e. The molecule has 0 amide bonds. The average Bonchev–Trinajstić information content (AvgIpc) is 2.35. The van der Waals surface area contributed by atoms with Gasteiger partial charge in [0.2, 0.25) is 0 Å². The maximum atomic E-state index is 9.64. The molecule has 0 aromatic carbocycles. The Morgan fingerprint density at radius 2 is 0.889 bits per heavy atom. The molecule has 0 aromatic rings. The number of rotatable bonds is 7. The van der Waals surface area contributed by atoms with Crippen LogP contribution in [0, 0.1) is 0 Å². The molecule has 0 radical (unpaired) electrons. The molecule has 0 saturated heterocycles. The largest absolute Gasteiger partial charge is 0.481 e. The summed E-state index contributed by atoms with van der Waals surface area (Å²) in [7, 11) is 0. The summed E-state index contributed by atoms with van der Waals surface area (Å²) in [6.07, 6.45) is 0.845. The van der Waals surface area contributed by atoms with Crippen molar-refractivity contribution in [2.45, 2.75) is 25.7 Å². The fourth-order valence-electron chi connectivity index (χ4n) is 0.437. The van der Waals surface area contributed by atoms with Crippen molar-refractivity contribution in [1.29, 1.82) is 0 Å². The van der Waals surface area contributed by atoms with E-state index in [-0.39, 0.29) is 39.3 Å². The van der Waals surface area contributed by atoms with Crippen LogP contribution in [0.5, 0.6) is 0 Å². The molecular weight excluding hydrogens is 248 g/mol. The van der Waals surface area contributed by atoms with Crippen LogP contribution in [0.3, 0.4) is 0 Å². The lowest BCUT2D eigenvalue weighted by molar-refractivity contribution is -0.143. The quantitative estimate of drug-likeness (QED) is 0.310. The first-order valence-corrected chi connectivity index (χ1v) is 5.33. The number of carboxylic acids is 2. The third-order valence-corrected chi connectivity index (χ3v) is 1.22. The maximum Gasteiger partial charge on any atom is 0.303 e. The Kier molecular flexibility index (Phi) is 25.8. The van der Waals surface area contributed by atoms with Crippen LogP contribution < -0.4 is 0 Å². The van der Waals surface area contributed by atoms with Crippen molar-refractivity contribution in [3.63, 3.8) is 0 Å².